The second kappa shape index (κ2) is 8.31. The molecule has 4 nitrogen and oxygen atoms in total. The van der Waals surface area contributed by atoms with Gasteiger partial charge in [-0.1, -0.05) is 18.6 Å². The number of hydrogen-bond acceptors (Lipinski definition) is 3. The van der Waals surface area contributed by atoms with Gasteiger partial charge in [0, 0.05) is 24.8 Å². The molecule has 1 amide bonds. The summed E-state index contributed by atoms with van der Waals surface area (Å²) < 4.78 is 0. The van der Waals surface area contributed by atoms with Gasteiger partial charge < -0.3 is 10.2 Å². The predicted molar refractivity (Wildman–Crippen MR) is 86.4 cm³/mol. The van der Waals surface area contributed by atoms with Crippen LogP contribution in [0.25, 0.3) is 0 Å². The van der Waals surface area contributed by atoms with E-state index in [9.17, 15) is 4.79 Å². The molecule has 0 aliphatic heterocycles. The Morgan fingerprint density at radius 1 is 1.43 bits per heavy atom. The van der Waals surface area contributed by atoms with Gasteiger partial charge in [0.15, 0.2) is 0 Å². The van der Waals surface area contributed by atoms with Crippen molar-refractivity contribution in [3.63, 3.8) is 0 Å². The molecule has 1 rings (SSSR count). The number of nitrogens with zero attached hydrogens (tertiary/aromatic N) is 2. The fourth-order valence-corrected chi connectivity index (χ4v) is 2.17. The summed E-state index contributed by atoms with van der Waals surface area (Å²) >= 11 is 0. The summed E-state index contributed by atoms with van der Waals surface area (Å²) in [5.41, 5.74) is 2.62. The Kier molecular flexibility index (Phi) is 6.74. The first-order valence-electron chi connectivity index (χ1n) is 7.53. The minimum Gasteiger partial charge on any atom is -0.384 e. The summed E-state index contributed by atoms with van der Waals surface area (Å²) in [5, 5.41) is 12.1. The quantitative estimate of drug-likeness (QED) is 0.834. The molecule has 1 aromatic carbocycles. The van der Waals surface area contributed by atoms with E-state index >= 15 is 0 Å². The van der Waals surface area contributed by atoms with Crippen LogP contribution in [0.4, 0.5) is 5.69 Å². The van der Waals surface area contributed by atoms with Gasteiger partial charge in [-0.25, -0.2) is 0 Å². The fourth-order valence-electron chi connectivity index (χ4n) is 2.17. The van der Waals surface area contributed by atoms with Crippen molar-refractivity contribution >= 4 is 11.6 Å². The van der Waals surface area contributed by atoms with Crippen LogP contribution < -0.4 is 5.32 Å². The first-order chi connectivity index (χ1) is 10.0. The molecule has 0 atom stereocenters. The molecule has 0 fully saturated rings. The van der Waals surface area contributed by atoms with Crippen LogP contribution in [0.3, 0.4) is 0 Å². The average Bonchev–Trinajstić information content (AvgIpc) is 2.45. The molecule has 21 heavy (non-hydrogen) atoms. The summed E-state index contributed by atoms with van der Waals surface area (Å²) in [6, 6.07) is 8.07. The van der Waals surface area contributed by atoms with Crippen LogP contribution in [0.5, 0.6) is 0 Å². The Hall–Kier alpha value is -2.02. The van der Waals surface area contributed by atoms with E-state index < -0.39 is 0 Å². The maximum Gasteiger partial charge on any atom is 0.256 e. The summed E-state index contributed by atoms with van der Waals surface area (Å²) in [7, 11) is 0. The highest BCUT2D eigenvalue weighted by Crippen LogP contribution is 2.21. The number of hydrogen-bond donors (Lipinski definition) is 1. The molecule has 0 heterocycles. The Bertz CT molecular complexity index is 517. The molecule has 114 valence electrons. The third kappa shape index (κ3) is 4.78. The first kappa shape index (κ1) is 17.0. The number of carbonyl (C=O) groups is 1. The van der Waals surface area contributed by atoms with Crippen LogP contribution in [-0.2, 0) is 0 Å². The summed E-state index contributed by atoms with van der Waals surface area (Å²) in [6.07, 6.45) is 1.36. The van der Waals surface area contributed by atoms with Crippen molar-refractivity contribution in [3.8, 4) is 6.07 Å². The zero-order chi connectivity index (χ0) is 15.8. The number of anilines is 1. The maximum atomic E-state index is 12.8. The van der Waals surface area contributed by atoms with Gasteiger partial charge in [0.25, 0.3) is 5.91 Å². The maximum absolute atomic E-state index is 12.8. The second-order valence-electron chi connectivity index (χ2n) is 5.48. The van der Waals surface area contributed by atoms with Crippen molar-refractivity contribution in [2.75, 3.05) is 18.4 Å². The van der Waals surface area contributed by atoms with Crippen molar-refractivity contribution in [3.05, 3.63) is 29.3 Å². The molecule has 0 radical (unpaired) electrons. The van der Waals surface area contributed by atoms with Crippen molar-refractivity contribution in [2.24, 2.45) is 0 Å². The third-order valence-corrected chi connectivity index (χ3v) is 3.32. The molecule has 0 aliphatic rings. The minimum atomic E-state index is -0.0115. The van der Waals surface area contributed by atoms with Gasteiger partial charge in [-0.15, -0.1) is 0 Å². The zero-order valence-corrected chi connectivity index (χ0v) is 13.4. The van der Waals surface area contributed by atoms with Gasteiger partial charge in [0.05, 0.1) is 18.1 Å². The highest BCUT2D eigenvalue weighted by molar-refractivity contribution is 6.00. The van der Waals surface area contributed by atoms with Gasteiger partial charge in [0.1, 0.15) is 0 Å². The fraction of sp³-hybridized carbons (Fsp3) is 0.529. The van der Waals surface area contributed by atoms with Crippen LogP contribution in [0.1, 0.15) is 49.5 Å². The lowest BCUT2D eigenvalue weighted by molar-refractivity contribution is 0.0711. The molecule has 0 aliphatic carbocycles. The Morgan fingerprint density at radius 2 is 2.14 bits per heavy atom. The van der Waals surface area contributed by atoms with E-state index in [1.54, 1.807) is 4.90 Å². The Morgan fingerprint density at radius 3 is 2.71 bits per heavy atom. The van der Waals surface area contributed by atoms with E-state index in [1.165, 1.54) is 0 Å². The van der Waals surface area contributed by atoms with E-state index in [0.29, 0.717) is 18.5 Å². The number of carbonyl (C=O) groups excluding carboxylic acids is 1. The molecule has 1 N–H and O–H groups in total. The number of nitrogens with one attached hydrogen (secondary N) is 1. The number of aryl methyl sites for hydroxylation is 1. The largest absolute Gasteiger partial charge is 0.384 e. The minimum absolute atomic E-state index is 0.0115. The standard InChI is InChI=1S/C17H25N3O/c1-5-10-19-16-8-7-14(4)12-15(16)17(21)20(13(2)3)11-6-9-18/h7-8,12-13,19H,5-6,10-11H2,1-4H3. The first-order valence-corrected chi connectivity index (χ1v) is 7.53. The highest BCUT2D eigenvalue weighted by Gasteiger charge is 2.21. The zero-order valence-electron chi connectivity index (χ0n) is 13.4. The van der Waals surface area contributed by atoms with Gasteiger partial charge >= 0.3 is 0 Å². The highest BCUT2D eigenvalue weighted by atomic mass is 16.2. The van der Waals surface area contributed by atoms with Crippen molar-refractivity contribution < 1.29 is 4.79 Å². The lowest BCUT2D eigenvalue weighted by atomic mass is 10.1. The normalized spacial score (nSPS) is 10.3. The number of amides is 1. The number of rotatable bonds is 7. The predicted octanol–water partition coefficient (Wildman–Crippen LogP) is 3.58. The van der Waals surface area contributed by atoms with Crippen molar-refractivity contribution in [1.29, 1.82) is 5.26 Å². The van der Waals surface area contributed by atoms with E-state index in [-0.39, 0.29) is 11.9 Å². The number of nitriles is 1. The van der Waals surface area contributed by atoms with Crippen LogP contribution in [0.15, 0.2) is 18.2 Å². The van der Waals surface area contributed by atoms with Gasteiger partial charge in [-0.3, -0.25) is 4.79 Å². The van der Waals surface area contributed by atoms with Gasteiger partial charge in [-0.05, 0) is 39.3 Å². The Balaban J connectivity index is 3.07. The molecule has 0 spiro atoms. The number of benzene rings is 1. The Labute approximate surface area is 127 Å². The topological polar surface area (TPSA) is 56.1 Å². The van der Waals surface area contributed by atoms with E-state index in [4.69, 9.17) is 5.26 Å². The van der Waals surface area contributed by atoms with Crippen molar-refractivity contribution in [1.82, 2.24) is 4.90 Å². The molecule has 4 heteroatoms. The lowest BCUT2D eigenvalue weighted by Gasteiger charge is -2.27. The summed E-state index contributed by atoms with van der Waals surface area (Å²) in [6.45, 7) is 9.33. The smallest absolute Gasteiger partial charge is 0.256 e. The van der Waals surface area contributed by atoms with Gasteiger partial charge in [0.2, 0.25) is 0 Å². The lowest BCUT2D eigenvalue weighted by Crippen LogP contribution is -2.38. The molecular formula is C17H25N3O. The monoisotopic (exact) mass is 287 g/mol. The van der Waals surface area contributed by atoms with Crippen LogP contribution in [0, 0.1) is 18.3 Å². The molecule has 0 unspecified atom stereocenters. The van der Waals surface area contributed by atoms with Crippen LogP contribution >= 0.6 is 0 Å². The average molecular weight is 287 g/mol. The molecule has 0 bridgehead atoms. The SMILES string of the molecule is CCCNc1ccc(C)cc1C(=O)N(CCC#N)C(C)C. The summed E-state index contributed by atoms with van der Waals surface area (Å²) in [4.78, 5) is 14.6. The molecule has 1 aromatic rings. The van der Waals surface area contributed by atoms with Gasteiger partial charge in [-0.2, -0.15) is 5.26 Å². The third-order valence-electron chi connectivity index (χ3n) is 3.32. The molecular weight excluding hydrogens is 262 g/mol. The second-order valence-corrected chi connectivity index (χ2v) is 5.48. The van der Waals surface area contributed by atoms with Crippen molar-refractivity contribution in [2.45, 2.75) is 46.6 Å². The van der Waals surface area contributed by atoms with E-state index in [2.05, 4.69) is 18.3 Å². The van der Waals surface area contributed by atoms with E-state index in [0.717, 1.165) is 24.2 Å². The van der Waals surface area contributed by atoms with Crippen LogP contribution in [-0.4, -0.2) is 29.9 Å². The van der Waals surface area contributed by atoms with Crippen LogP contribution in [0.2, 0.25) is 0 Å². The summed E-state index contributed by atoms with van der Waals surface area (Å²) in [5.74, 6) is -0.0115. The molecule has 0 saturated carbocycles. The molecule has 0 aromatic heterocycles. The molecule has 0 saturated heterocycles. The van der Waals surface area contributed by atoms with E-state index in [1.807, 2.05) is 39.0 Å².